The van der Waals surface area contributed by atoms with Crippen LogP contribution in [-0.4, -0.2) is 41.9 Å². The van der Waals surface area contributed by atoms with Crippen molar-refractivity contribution in [1.82, 2.24) is 15.6 Å². The van der Waals surface area contributed by atoms with Crippen molar-refractivity contribution in [2.24, 2.45) is 11.8 Å². The molecule has 7 heteroatoms. The van der Waals surface area contributed by atoms with E-state index in [-0.39, 0.29) is 41.6 Å². The zero-order chi connectivity index (χ0) is 23.5. The Morgan fingerprint density at radius 3 is 2.38 bits per heavy atom. The minimum Gasteiger partial charge on any atom is -0.353 e. The van der Waals surface area contributed by atoms with E-state index in [2.05, 4.69) is 15.6 Å². The van der Waals surface area contributed by atoms with Gasteiger partial charge in [0.1, 0.15) is 5.82 Å². The Hall–Kier alpha value is -2.77. The van der Waals surface area contributed by atoms with E-state index >= 15 is 0 Å². The molecule has 0 aromatic heterocycles. The van der Waals surface area contributed by atoms with Crippen LogP contribution < -0.4 is 15.8 Å². The van der Waals surface area contributed by atoms with Crippen LogP contribution in [0.15, 0.2) is 54.6 Å². The van der Waals surface area contributed by atoms with Crippen molar-refractivity contribution in [3.8, 4) is 0 Å². The molecule has 2 aliphatic heterocycles. The Morgan fingerprint density at radius 1 is 0.971 bits per heavy atom. The molecule has 3 unspecified atom stereocenters. The molecule has 3 aliphatic rings. The normalized spacial score (nSPS) is 26.2. The van der Waals surface area contributed by atoms with Gasteiger partial charge in [-0.2, -0.15) is 0 Å². The van der Waals surface area contributed by atoms with Crippen molar-refractivity contribution in [1.29, 1.82) is 0 Å². The SMILES string of the molecule is O=C(NC1CCCCCC1)C1CN(Cc2ccc(F)cc2)CC2C(=O)N(c3ccccc3)NC12. The largest absolute Gasteiger partial charge is 0.353 e. The Morgan fingerprint density at radius 2 is 1.68 bits per heavy atom. The van der Waals surface area contributed by atoms with Gasteiger partial charge in [-0.15, -0.1) is 0 Å². The van der Waals surface area contributed by atoms with E-state index in [1.807, 2.05) is 30.3 Å². The number of benzene rings is 2. The van der Waals surface area contributed by atoms with Gasteiger partial charge in [-0.25, -0.2) is 14.8 Å². The Labute approximate surface area is 200 Å². The van der Waals surface area contributed by atoms with Gasteiger partial charge in [0.15, 0.2) is 0 Å². The summed E-state index contributed by atoms with van der Waals surface area (Å²) in [5, 5.41) is 4.93. The van der Waals surface area contributed by atoms with Crippen molar-refractivity contribution in [2.75, 3.05) is 18.1 Å². The van der Waals surface area contributed by atoms with Crippen LogP contribution in [0.5, 0.6) is 0 Å². The van der Waals surface area contributed by atoms with Crippen LogP contribution in [-0.2, 0) is 16.1 Å². The van der Waals surface area contributed by atoms with Gasteiger partial charge in [-0.3, -0.25) is 14.5 Å². The Balaban J connectivity index is 1.37. The molecule has 180 valence electrons. The van der Waals surface area contributed by atoms with Crippen LogP contribution in [0.3, 0.4) is 0 Å². The van der Waals surface area contributed by atoms with Crippen molar-refractivity contribution in [3.63, 3.8) is 0 Å². The van der Waals surface area contributed by atoms with Crippen LogP contribution in [0.4, 0.5) is 10.1 Å². The predicted molar refractivity (Wildman–Crippen MR) is 129 cm³/mol. The topological polar surface area (TPSA) is 64.7 Å². The first kappa shape index (κ1) is 23.0. The summed E-state index contributed by atoms with van der Waals surface area (Å²) in [6.45, 7) is 1.69. The van der Waals surface area contributed by atoms with Crippen molar-refractivity contribution in [3.05, 3.63) is 66.0 Å². The first-order valence-electron chi connectivity index (χ1n) is 12.5. The molecule has 0 radical (unpaired) electrons. The third kappa shape index (κ3) is 5.00. The van der Waals surface area contributed by atoms with Gasteiger partial charge in [0.25, 0.3) is 0 Å². The standard InChI is InChI=1S/C27H33FN4O2/c28-20-14-12-19(13-15-20)16-31-17-23(26(33)29-21-8-4-1-2-5-9-21)25-24(18-31)27(34)32(30-25)22-10-6-3-7-11-22/h3,6-7,10-15,21,23-25,30H,1-2,4-5,8-9,16-18H2,(H,29,33). The highest BCUT2D eigenvalue weighted by atomic mass is 19.1. The molecule has 3 atom stereocenters. The number of amides is 2. The third-order valence-electron chi connectivity index (χ3n) is 7.46. The number of hydrazine groups is 1. The number of nitrogens with zero attached hydrogens (tertiary/aromatic N) is 2. The number of nitrogens with one attached hydrogen (secondary N) is 2. The Kier molecular flexibility index (Phi) is 6.92. The number of piperidine rings is 1. The number of likely N-dealkylation sites (tertiary alicyclic amines) is 1. The lowest BCUT2D eigenvalue weighted by atomic mass is 9.83. The molecule has 2 heterocycles. The van der Waals surface area contributed by atoms with Gasteiger partial charge in [0.2, 0.25) is 11.8 Å². The van der Waals surface area contributed by atoms with Crippen LogP contribution in [0.1, 0.15) is 44.1 Å². The Bertz CT molecular complexity index is 991. The predicted octanol–water partition coefficient (Wildman–Crippen LogP) is 3.63. The number of hydrogen-bond donors (Lipinski definition) is 2. The lowest BCUT2D eigenvalue weighted by molar-refractivity contribution is -0.130. The average Bonchev–Trinajstić information content (AvgIpc) is 3.00. The highest BCUT2D eigenvalue weighted by Gasteiger charge is 2.51. The molecule has 1 aliphatic carbocycles. The smallest absolute Gasteiger partial charge is 0.247 e. The number of rotatable bonds is 5. The summed E-state index contributed by atoms with van der Waals surface area (Å²) in [6, 6.07) is 16.0. The van der Waals surface area contributed by atoms with E-state index in [9.17, 15) is 14.0 Å². The van der Waals surface area contributed by atoms with Crippen molar-refractivity contribution in [2.45, 2.75) is 57.2 Å². The molecule has 2 aromatic carbocycles. The summed E-state index contributed by atoms with van der Waals surface area (Å²) in [7, 11) is 0. The number of fused-ring (bicyclic) bond motifs is 1. The second-order valence-corrected chi connectivity index (χ2v) is 9.89. The summed E-state index contributed by atoms with van der Waals surface area (Å²) in [5.74, 6) is -0.913. The summed E-state index contributed by atoms with van der Waals surface area (Å²) in [5.41, 5.74) is 5.14. The summed E-state index contributed by atoms with van der Waals surface area (Å²) < 4.78 is 13.4. The summed E-state index contributed by atoms with van der Waals surface area (Å²) in [4.78, 5) is 29.2. The van der Waals surface area contributed by atoms with Crippen LogP contribution in [0.2, 0.25) is 0 Å². The van der Waals surface area contributed by atoms with E-state index in [1.54, 1.807) is 17.1 Å². The number of halogens is 1. The van der Waals surface area contributed by atoms with E-state index < -0.39 is 0 Å². The zero-order valence-electron chi connectivity index (χ0n) is 19.5. The number of anilines is 1. The molecule has 2 saturated heterocycles. The lowest BCUT2D eigenvalue weighted by Gasteiger charge is -2.39. The molecule has 3 fully saturated rings. The first-order chi connectivity index (χ1) is 16.6. The molecule has 2 aromatic rings. The number of hydrogen-bond acceptors (Lipinski definition) is 4. The summed E-state index contributed by atoms with van der Waals surface area (Å²) in [6.07, 6.45) is 6.80. The molecule has 0 spiro atoms. The maximum absolute atomic E-state index is 13.6. The van der Waals surface area contributed by atoms with E-state index in [4.69, 9.17) is 0 Å². The van der Waals surface area contributed by atoms with Gasteiger partial charge in [-0.1, -0.05) is 56.0 Å². The van der Waals surface area contributed by atoms with E-state index in [1.165, 1.54) is 25.0 Å². The fourth-order valence-corrected chi connectivity index (χ4v) is 5.66. The monoisotopic (exact) mass is 464 g/mol. The zero-order valence-corrected chi connectivity index (χ0v) is 19.5. The van der Waals surface area contributed by atoms with E-state index in [0.717, 1.165) is 36.9 Å². The first-order valence-corrected chi connectivity index (χ1v) is 12.5. The summed E-state index contributed by atoms with van der Waals surface area (Å²) >= 11 is 0. The number of para-hydroxylation sites is 1. The molecule has 0 bridgehead atoms. The lowest BCUT2D eigenvalue weighted by Crippen LogP contribution is -2.57. The minimum absolute atomic E-state index is 0.00716. The van der Waals surface area contributed by atoms with Gasteiger partial charge >= 0.3 is 0 Å². The van der Waals surface area contributed by atoms with Gasteiger partial charge in [0.05, 0.1) is 23.6 Å². The van der Waals surface area contributed by atoms with Gasteiger partial charge in [-0.05, 0) is 42.7 Å². The highest BCUT2D eigenvalue weighted by Crippen LogP contribution is 2.33. The van der Waals surface area contributed by atoms with Crippen LogP contribution in [0, 0.1) is 17.7 Å². The van der Waals surface area contributed by atoms with Gasteiger partial charge < -0.3 is 5.32 Å². The number of carbonyl (C=O) groups excluding carboxylic acids is 2. The minimum atomic E-state index is -0.347. The second-order valence-electron chi connectivity index (χ2n) is 9.89. The van der Waals surface area contributed by atoms with Crippen LogP contribution >= 0.6 is 0 Å². The fraction of sp³-hybridized carbons (Fsp3) is 0.481. The third-order valence-corrected chi connectivity index (χ3v) is 7.46. The fourth-order valence-electron chi connectivity index (χ4n) is 5.66. The molecule has 2 N–H and O–H groups in total. The molecular formula is C27H33FN4O2. The highest BCUT2D eigenvalue weighted by molar-refractivity contribution is 5.98. The maximum atomic E-state index is 13.6. The number of carbonyl (C=O) groups is 2. The van der Waals surface area contributed by atoms with Crippen LogP contribution in [0.25, 0.3) is 0 Å². The molecular weight excluding hydrogens is 431 g/mol. The maximum Gasteiger partial charge on any atom is 0.247 e. The van der Waals surface area contributed by atoms with Gasteiger partial charge in [0, 0.05) is 25.7 Å². The van der Waals surface area contributed by atoms with E-state index in [0.29, 0.717) is 19.6 Å². The quantitative estimate of drug-likeness (QED) is 0.664. The van der Waals surface area contributed by atoms with Crippen molar-refractivity contribution < 1.29 is 14.0 Å². The van der Waals surface area contributed by atoms with Crippen molar-refractivity contribution >= 4 is 17.5 Å². The molecule has 6 nitrogen and oxygen atoms in total. The second kappa shape index (κ2) is 10.2. The molecule has 5 rings (SSSR count). The molecule has 1 saturated carbocycles. The molecule has 2 amide bonds. The average molecular weight is 465 g/mol. The molecule has 34 heavy (non-hydrogen) atoms.